The highest BCUT2D eigenvalue weighted by Gasteiger charge is 2.33. The maximum atomic E-state index is 13.2. The summed E-state index contributed by atoms with van der Waals surface area (Å²) in [5.41, 5.74) is 4.98. The lowest BCUT2D eigenvalue weighted by Crippen LogP contribution is -2.03. The maximum Gasteiger partial charge on any atom is 0.335 e. The van der Waals surface area contributed by atoms with Gasteiger partial charge in [-0.2, -0.15) is 0 Å². The molecule has 0 unspecified atom stereocenters. The molecular formula is C54H26O4S2. The van der Waals surface area contributed by atoms with Crippen molar-refractivity contribution in [3.05, 3.63) is 130 Å². The highest BCUT2D eigenvalue weighted by molar-refractivity contribution is 7.14. The van der Waals surface area contributed by atoms with Gasteiger partial charge in [-0.3, -0.25) is 0 Å². The number of carboxylic acids is 2. The fourth-order valence-corrected chi connectivity index (χ4v) is 13.8. The van der Waals surface area contributed by atoms with Crippen molar-refractivity contribution in [2.45, 2.75) is 13.8 Å². The van der Waals surface area contributed by atoms with Crippen molar-refractivity contribution < 1.29 is 19.8 Å². The average Bonchev–Trinajstić information content (AvgIpc) is 3.91. The summed E-state index contributed by atoms with van der Waals surface area (Å²) in [5, 5.41) is 52.3. The highest BCUT2D eigenvalue weighted by Crippen LogP contribution is 2.61. The fourth-order valence-electron chi connectivity index (χ4n) is 12.0. The van der Waals surface area contributed by atoms with Gasteiger partial charge < -0.3 is 10.2 Å². The number of thiophene rings is 2. The van der Waals surface area contributed by atoms with Crippen LogP contribution < -0.4 is 0 Å². The Morgan fingerprint density at radius 2 is 0.633 bits per heavy atom. The maximum absolute atomic E-state index is 13.2. The van der Waals surface area contributed by atoms with E-state index in [0.717, 1.165) is 86.5 Å². The Balaban J connectivity index is 1.37. The summed E-state index contributed by atoms with van der Waals surface area (Å²) in [4.78, 5) is 28.8. The van der Waals surface area contributed by atoms with Gasteiger partial charge in [0.05, 0.1) is 11.1 Å². The number of aryl methyl sites for hydroxylation is 2. The zero-order valence-corrected chi connectivity index (χ0v) is 33.6. The van der Waals surface area contributed by atoms with Crippen LogP contribution in [0.3, 0.4) is 0 Å². The van der Waals surface area contributed by atoms with Crippen LogP contribution in [0.15, 0.2) is 108 Å². The third-order valence-corrected chi connectivity index (χ3v) is 16.3. The van der Waals surface area contributed by atoms with Gasteiger partial charge in [-0.05, 0) is 237 Å². The molecular weight excluding hydrogens is 777 g/mol. The number of carbonyl (C=O) groups is 2. The SMILES string of the molecule is Cc1ccsc1-c1cc2c3cccc4c5cccc6c7cc(-c8sccc8C)cc8c9cc(C(=O)O)cc%10c%11cc(C(=O)O)cc%12c(c1)c2c1c(c43)c(c56)c(c78)c(c%109)c1c%11%12. The molecule has 0 aliphatic carbocycles. The van der Waals surface area contributed by atoms with E-state index >= 15 is 0 Å². The Bertz CT molecular complexity index is 4150. The molecule has 15 rings (SSSR count). The van der Waals surface area contributed by atoms with Crippen LogP contribution in [0.25, 0.3) is 150 Å². The Labute approximate surface area is 346 Å². The van der Waals surface area contributed by atoms with E-state index in [2.05, 4.69) is 97.4 Å². The molecule has 13 aromatic carbocycles. The molecule has 0 saturated carbocycles. The first-order valence-electron chi connectivity index (χ1n) is 20.1. The summed E-state index contributed by atoms with van der Waals surface area (Å²) in [6.45, 7) is 4.30. The average molecular weight is 803 g/mol. The molecule has 15 aromatic rings. The molecule has 0 aliphatic heterocycles. The molecule has 4 nitrogen and oxygen atoms in total. The normalized spacial score (nSPS) is 13.1. The van der Waals surface area contributed by atoms with Crippen LogP contribution in [0.2, 0.25) is 0 Å². The molecule has 0 amide bonds. The van der Waals surface area contributed by atoms with Crippen molar-refractivity contribution in [2.75, 3.05) is 0 Å². The van der Waals surface area contributed by atoms with E-state index in [9.17, 15) is 19.8 Å². The zero-order chi connectivity index (χ0) is 39.8. The topological polar surface area (TPSA) is 74.6 Å². The van der Waals surface area contributed by atoms with Crippen molar-refractivity contribution in [1.82, 2.24) is 0 Å². The third kappa shape index (κ3) is 3.40. The molecule has 278 valence electrons. The first-order valence-corrected chi connectivity index (χ1v) is 21.8. The predicted octanol–water partition coefficient (Wildman–Crippen LogP) is 15.6. The van der Waals surface area contributed by atoms with Gasteiger partial charge in [0.15, 0.2) is 0 Å². The van der Waals surface area contributed by atoms with Crippen LogP contribution in [0.4, 0.5) is 0 Å². The summed E-state index contributed by atoms with van der Waals surface area (Å²) < 4.78 is 0. The van der Waals surface area contributed by atoms with E-state index in [4.69, 9.17) is 0 Å². The lowest BCUT2D eigenvalue weighted by molar-refractivity contribution is 0.0686. The molecule has 6 heteroatoms. The van der Waals surface area contributed by atoms with Crippen molar-refractivity contribution >= 4 is 164 Å². The Kier molecular flexibility index (Phi) is 5.40. The van der Waals surface area contributed by atoms with Crippen molar-refractivity contribution in [3.8, 4) is 20.9 Å². The van der Waals surface area contributed by atoms with E-state index in [1.54, 1.807) is 34.8 Å². The summed E-state index contributed by atoms with van der Waals surface area (Å²) >= 11 is 3.45. The van der Waals surface area contributed by atoms with Crippen molar-refractivity contribution in [3.63, 3.8) is 0 Å². The lowest BCUT2D eigenvalue weighted by atomic mass is 9.73. The van der Waals surface area contributed by atoms with E-state index in [-0.39, 0.29) is 11.1 Å². The summed E-state index contributed by atoms with van der Waals surface area (Å²) in [5.74, 6) is -2.03. The third-order valence-electron chi connectivity index (χ3n) is 14.2. The van der Waals surface area contributed by atoms with Gasteiger partial charge in [-0.25, -0.2) is 9.59 Å². The molecule has 0 spiro atoms. The number of fused-ring (bicyclic) bond motifs is 6. The molecule has 0 fully saturated rings. The minimum atomic E-state index is -1.02. The van der Waals surface area contributed by atoms with Gasteiger partial charge in [-0.1, -0.05) is 36.4 Å². The number of aromatic carboxylic acids is 2. The Hall–Kier alpha value is -7.12. The van der Waals surface area contributed by atoms with E-state index in [1.165, 1.54) is 74.7 Å². The number of hydrogen-bond donors (Lipinski definition) is 2. The van der Waals surface area contributed by atoms with Crippen LogP contribution in [0, 0.1) is 13.8 Å². The molecule has 0 aliphatic rings. The molecule has 0 atom stereocenters. The summed E-state index contributed by atoms with van der Waals surface area (Å²) in [6.07, 6.45) is 0. The van der Waals surface area contributed by atoms with Crippen LogP contribution in [-0.2, 0) is 0 Å². The van der Waals surface area contributed by atoms with Gasteiger partial charge in [0.25, 0.3) is 0 Å². The number of rotatable bonds is 4. The second-order valence-corrected chi connectivity index (χ2v) is 18.8. The second kappa shape index (κ2) is 10.2. The van der Waals surface area contributed by atoms with E-state index in [1.807, 2.05) is 12.1 Å². The number of hydrogen-bond acceptors (Lipinski definition) is 4. The summed E-state index contributed by atoms with van der Waals surface area (Å²) in [7, 11) is 0. The standard InChI is InChI=1S/C54H26O4S2/c1-21-9-11-59-51(21)23-13-31-29-7-3-5-27-28-6-4-8-30-32-14-24(52-22(2)10-12-60-52)16-34-36-18-26(54(57)58)20-38-37-19-25(53(55)56)17-35-33(15-23)41(31)47-45(39(27)29)46(40(28)30)48(42(32)34)50(44(36)38)49(47)43(35)37/h3-20H,1-2H3,(H,55,56)(H,57,58). The largest absolute Gasteiger partial charge is 0.478 e. The molecule has 0 radical (unpaired) electrons. The van der Waals surface area contributed by atoms with Gasteiger partial charge in [0.1, 0.15) is 0 Å². The fraction of sp³-hybridized carbons (Fsp3) is 0.0370. The molecule has 2 heterocycles. The first kappa shape index (κ1) is 31.8. The van der Waals surface area contributed by atoms with Crippen LogP contribution in [0.5, 0.6) is 0 Å². The lowest BCUT2D eigenvalue weighted by Gasteiger charge is -2.29. The minimum Gasteiger partial charge on any atom is -0.478 e. The molecule has 0 bridgehead atoms. The zero-order valence-electron chi connectivity index (χ0n) is 31.9. The Morgan fingerprint density at radius 3 is 0.917 bits per heavy atom. The summed E-state index contributed by atoms with van der Waals surface area (Å²) in [6, 6.07) is 34.5. The molecule has 0 saturated heterocycles. The van der Waals surface area contributed by atoms with Crippen LogP contribution in [0.1, 0.15) is 31.8 Å². The number of benzene rings is 13. The quantitative estimate of drug-likeness (QED) is 0.137. The van der Waals surface area contributed by atoms with Crippen LogP contribution >= 0.6 is 22.7 Å². The van der Waals surface area contributed by atoms with Crippen molar-refractivity contribution in [1.29, 1.82) is 0 Å². The highest BCUT2D eigenvalue weighted by atomic mass is 32.1. The first-order chi connectivity index (χ1) is 29.3. The monoisotopic (exact) mass is 802 g/mol. The van der Waals surface area contributed by atoms with Crippen molar-refractivity contribution in [2.24, 2.45) is 0 Å². The predicted molar refractivity (Wildman–Crippen MR) is 254 cm³/mol. The smallest absolute Gasteiger partial charge is 0.335 e. The number of carboxylic acid groups (broad SMARTS) is 2. The van der Waals surface area contributed by atoms with Crippen LogP contribution in [-0.4, -0.2) is 22.2 Å². The second-order valence-electron chi connectivity index (χ2n) is 17.0. The van der Waals surface area contributed by atoms with Gasteiger partial charge in [-0.15, -0.1) is 22.7 Å². The molecule has 2 aromatic heterocycles. The van der Waals surface area contributed by atoms with E-state index in [0.29, 0.717) is 0 Å². The Morgan fingerprint density at radius 1 is 0.367 bits per heavy atom. The van der Waals surface area contributed by atoms with Gasteiger partial charge in [0.2, 0.25) is 0 Å². The molecule has 2 N–H and O–H groups in total. The molecule has 60 heavy (non-hydrogen) atoms. The van der Waals surface area contributed by atoms with Gasteiger partial charge in [0, 0.05) is 9.75 Å². The van der Waals surface area contributed by atoms with E-state index < -0.39 is 11.9 Å². The van der Waals surface area contributed by atoms with Gasteiger partial charge >= 0.3 is 11.9 Å². The minimum absolute atomic E-state index is 0.182.